The maximum Gasteiger partial charge on any atom is 0.293 e. The molecule has 0 aliphatic rings. The van der Waals surface area contributed by atoms with Crippen molar-refractivity contribution < 1.29 is 9.18 Å². The van der Waals surface area contributed by atoms with Gasteiger partial charge in [-0.25, -0.2) is 14.1 Å². The molecule has 0 unspecified atom stereocenters. The fraction of sp³-hybridized carbons (Fsp3) is 0.211. The first-order valence-electron chi connectivity index (χ1n) is 8.03. The van der Waals surface area contributed by atoms with Crippen LogP contribution < -0.4 is 0 Å². The van der Waals surface area contributed by atoms with Crippen LogP contribution in [-0.2, 0) is 6.42 Å². The van der Waals surface area contributed by atoms with E-state index in [1.54, 1.807) is 31.0 Å². The molecule has 3 aromatic rings. The number of carbonyl (C=O) groups excluding carboxylic acids is 1. The molecule has 3 rings (SSSR count). The average Bonchev–Trinajstić information content (AvgIpc) is 3.02. The number of hydrogen-bond acceptors (Lipinski definition) is 3. The summed E-state index contributed by atoms with van der Waals surface area (Å²) in [4.78, 5) is 18.4. The van der Waals surface area contributed by atoms with Crippen molar-refractivity contribution in [1.29, 1.82) is 0 Å². The zero-order valence-corrected chi connectivity index (χ0v) is 14.2. The van der Waals surface area contributed by atoms with Gasteiger partial charge < -0.3 is 4.90 Å². The summed E-state index contributed by atoms with van der Waals surface area (Å²) < 4.78 is 14.6. The highest BCUT2D eigenvalue weighted by Gasteiger charge is 2.19. The first kappa shape index (κ1) is 16.8. The van der Waals surface area contributed by atoms with Crippen molar-refractivity contribution >= 4 is 5.91 Å². The van der Waals surface area contributed by atoms with Gasteiger partial charge in [-0.1, -0.05) is 30.3 Å². The number of nitrogens with zero attached hydrogens (tertiary/aromatic N) is 4. The zero-order chi connectivity index (χ0) is 17.8. The summed E-state index contributed by atoms with van der Waals surface area (Å²) in [7, 11) is 1.74. The highest BCUT2D eigenvalue weighted by atomic mass is 19.1. The molecule has 6 heteroatoms. The minimum atomic E-state index is -0.321. The minimum absolute atomic E-state index is 0.136. The van der Waals surface area contributed by atoms with Gasteiger partial charge >= 0.3 is 0 Å². The Morgan fingerprint density at radius 2 is 1.80 bits per heavy atom. The van der Waals surface area contributed by atoms with Crippen LogP contribution in [0.15, 0.2) is 54.6 Å². The van der Waals surface area contributed by atoms with E-state index >= 15 is 0 Å². The summed E-state index contributed by atoms with van der Waals surface area (Å²) in [5.41, 5.74) is 1.83. The number of halogens is 1. The van der Waals surface area contributed by atoms with Crippen LogP contribution in [-0.4, -0.2) is 39.2 Å². The molecule has 0 bridgehead atoms. The van der Waals surface area contributed by atoms with E-state index in [1.807, 2.05) is 30.3 Å². The van der Waals surface area contributed by atoms with E-state index in [9.17, 15) is 9.18 Å². The summed E-state index contributed by atoms with van der Waals surface area (Å²) in [5.74, 6) is 0.155. The highest BCUT2D eigenvalue weighted by molar-refractivity contribution is 5.90. The number of likely N-dealkylation sites (N-methyl/N-ethyl adjacent to an activating group) is 1. The Morgan fingerprint density at radius 3 is 2.48 bits per heavy atom. The summed E-state index contributed by atoms with van der Waals surface area (Å²) >= 11 is 0. The molecule has 0 aliphatic carbocycles. The summed E-state index contributed by atoms with van der Waals surface area (Å²) in [6.45, 7) is 2.34. The van der Waals surface area contributed by atoms with Gasteiger partial charge in [0.15, 0.2) is 0 Å². The van der Waals surface area contributed by atoms with E-state index in [4.69, 9.17) is 0 Å². The molecule has 5 nitrogen and oxygen atoms in total. The molecule has 0 atom stereocenters. The van der Waals surface area contributed by atoms with Gasteiger partial charge in [-0.2, -0.15) is 0 Å². The van der Waals surface area contributed by atoms with Crippen molar-refractivity contribution in [3.63, 3.8) is 0 Å². The van der Waals surface area contributed by atoms with Crippen LogP contribution in [0, 0.1) is 12.7 Å². The van der Waals surface area contributed by atoms with E-state index in [-0.39, 0.29) is 17.5 Å². The number of amides is 1. The molecule has 0 N–H and O–H groups in total. The van der Waals surface area contributed by atoms with Gasteiger partial charge in [-0.3, -0.25) is 4.79 Å². The predicted octanol–water partition coefficient (Wildman–Crippen LogP) is 3.03. The third-order valence-electron chi connectivity index (χ3n) is 3.96. The second-order valence-corrected chi connectivity index (χ2v) is 5.83. The normalized spacial score (nSPS) is 10.7. The second kappa shape index (κ2) is 7.25. The lowest BCUT2D eigenvalue weighted by Gasteiger charge is -2.15. The zero-order valence-electron chi connectivity index (χ0n) is 14.2. The van der Waals surface area contributed by atoms with Crippen molar-refractivity contribution in [2.45, 2.75) is 13.3 Å². The fourth-order valence-electron chi connectivity index (χ4n) is 2.52. The van der Waals surface area contributed by atoms with E-state index in [2.05, 4.69) is 10.1 Å². The number of hydrogen-bond donors (Lipinski definition) is 0. The molecule has 25 heavy (non-hydrogen) atoms. The van der Waals surface area contributed by atoms with Crippen LogP contribution in [0.2, 0.25) is 0 Å². The van der Waals surface area contributed by atoms with Gasteiger partial charge in [0.2, 0.25) is 5.82 Å². The lowest BCUT2D eigenvalue weighted by atomic mass is 10.1. The fourth-order valence-corrected chi connectivity index (χ4v) is 2.52. The Hall–Kier alpha value is -3.02. The molecule has 0 radical (unpaired) electrons. The van der Waals surface area contributed by atoms with E-state index < -0.39 is 0 Å². The van der Waals surface area contributed by atoms with Crippen LogP contribution in [0.3, 0.4) is 0 Å². The van der Waals surface area contributed by atoms with Crippen molar-refractivity contribution in [2.24, 2.45) is 0 Å². The lowest BCUT2D eigenvalue weighted by molar-refractivity contribution is 0.0784. The van der Waals surface area contributed by atoms with Crippen LogP contribution >= 0.6 is 0 Å². The van der Waals surface area contributed by atoms with Crippen molar-refractivity contribution in [3.05, 3.63) is 77.6 Å². The second-order valence-electron chi connectivity index (χ2n) is 5.83. The van der Waals surface area contributed by atoms with Gasteiger partial charge in [0, 0.05) is 13.6 Å². The molecule has 0 aliphatic heterocycles. The molecule has 0 saturated heterocycles. The molecule has 1 heterocycles. The summed E-state index contributed by atoms with van der Waals surface area (Å²) in [6, 6.07) is 15.9. The van der Waals surface area contributed by atoms with E-state index in [0.29, 0.717) is 18.1 Å². The van der Waals surface area contributed by atoms with Crippen molar-refractivity contribution in [1.82, 2.24) is 19.7 Å². The smallest absolute Gasteiger partial charge is 0.293 e. The average molecular weight is 338 g/mol. The van der Waals surface area contributed by atoms with Gasteiger partial charge in [0.1, 0.15) is 11.6 Å². The maximum atomic E-state index is 13.1. The van der Waals surface area contributed by atoms with Crippen molar-refractivity contribution in [3.8, 4) is 5.69 Å². The Balaban J connectivity index is 1.72. The summed E-state index contributed by atoms with van der Waals surface area (Å²) in [5, 5.41) is 4.28. The topological polar surface area (TPSA) is 51.0 Å². The Morgan fingerprint density at radius 1 is 1.12 bits per heavy atom. The molecule has 0 spiro atoms. The third kappa shape index (κ3) is 3.91. The Bertz CT molecular complexity index is 859. The van der Waals surface area contributed by atoms with Crippen molar-refractivity contribution in [2.75, 3.05) is 13.6 Å². The summed E-state index contributed by atoms with van der Waals surface area (Å²) in [6.07, 6.45) is 0.765. The number of aromatic nitrogens is 3. The number of carbonyl (C=O) groups is 1. The monoisotopic (exact) mass is 338 g/mol. The third-order valence-corrected chi connectivity index (χ3v) is 3.96. The Kier molecular flexibility index (Phi) is 4.88. The van der Waals surface area contributed by atoms with Crippen LogP contribution in [0.4, 0.5) is 4.39 Å². The van der Waals surface area contributed by atoms with Gasteiger partial charge in [-0.15, -0.1) is 5.10 Å². The quantitative estimate of drug-likeness (QED) is 0.718. The highest BCUT2D eigenvalue weighted by Crippen LogP contribution is 2.11. The molecule has 128 valence electrons. The van der Waals surface area contributed by atoms with Gasteiger partial charge in [0.05, 0.1) is 5.69 Å². The molecule has 0 fully saturated rings. The van der Waals surface area contributed by atoms with Crippen LogP contribution in [0.25, 0.3) is 5.69 Å². The van der Waals surface area contributed by atoms with Crippen LogP contribution in [0.5, 0.6) is 0 Å². The standard InChI is InChI=1S/C19H19FN4O/c1-14-21-18(22-24(14)17-10-8-16(20)9-11-17)19(25)23(2)13-12-15-6-4-3-5-7-15/h3-11H,12-13H2,1-2H3. The molecule has 0 saturated carbocycles. The number of rotatable bonds is 5. The van der Waals surface area contributed by atoms with Gasteiger partial charge in [-0.05, 0) is 43.2 Å². The van der Waals surface area contributed by atoms with Crippen LogP contribution in [0.1, 0.15) is 22.0 Å². The van der Waals surface area contributed by atoms with E-state index in [1.165, 1.54) is 22.4 Å². The SMILES string of the molecule is Cc1nc(C(=O)N(C)CCc2ccccc2)nn1-c1ccc(F)cc1. The largest absolute Gasteiger partial charge is 0.339 e. The first-order chi connectivity index (χ1) is 12.0. The van der Waals surface area contributed by atoms with Gasteiger partial charge in [0.25, 0.3) is 5.91 Å². The minimum Gasteiger partial charge on any atom is -0.339 e. The van der Waals surface area contributed by atoms with E-state index in [0.717, 1.165) is 6.42 Å². The molecule has 1 aromatic heterocycles. The molecule has 1 amide bonds. The number of benzene rings is 2. The maximum absolute atomic E-state index is 13.1. The molecular formula is C19H19FN4O. The molecule has 2 aromatic carbocycles. The molecular weight excluding hydrogens is 319 g/mol. The predicted molar refractivity (Wildman–Crippen MR) is 93.2 cm³/mol. The first-order valence-corrected chi connectivity index (χ1v) is 8.03. The Labute approximate surface area is 145 Å². The lowest BCUT2D eigenvalue weighted by Crippen LogP contribution is -2.29. The number of aryl methyl sites for hydroxylation is 1.